The Hall–Kier alpha value is -2.47. The number of nitrogens with zero attached hydrogens (tertiary/aromatic N) is 2. The number of hydrogen-bond donors (Lipinski definition) is 1. The smallest absolute Gasteiger partial charge is 0.264 e. The van der Waals surface area contributed by atoms with Gasteiger partial charge in [-0.15, -0.1) is 0 Å². The fourth-order valence-electron chi connectivity index (χ4n) is 2.55. The van der Waals surface area contributed by atoms with Crippen LogP contribution in [0.25, 0.3) is 6.08 Å². The number of carbonyl (C=O) groups excluding carboxylic acids is 1. The predicted octanol–water partition coefficient (Wildman–Crippen LogP) is 3.93. The van der Waals surface area contributed by atoms with E-state index in [1.807, 2.05) is 51.2 Å². The first kappa shape index (κ1) is 17.4. The van der Waals surface area contributed by atoms with Crippen molar-refractivity contribution >= 4 is 34.6 Å². The number of rotatable bonds is 4. The molecule has 1 N–H and O–H groups in total. The average Bonchev–Trinajstić information content (AvgIpc) is 3.04. The van der Waals surface area contributed by atoms with Crippen LogP contribution in [-0.4, -0.2) is 22.2 Å². The molecule has 1 aromatic heterocycles. The molecule has 0 aliphatic carbocycles. The number of carbonyl (C=O) groups is 1. The van der Waals surface area contributed by atoms with Crippen molar-refractivity contribution in [2.75, 3.05) is 6.61 Å². The highest BCUT2D eigenvalue weighted by atomic mass is 32.2. The fraction of sp³-hybridized carbons (Fsp3) is 0.263. The minimum absolute atomic E-state index is 0.115. The number of ether oxygens (including phenoxy) is 1. The van der Waals surface area contributed by atoms with Gasteiger partial charge in [-0.05, 0) is 74.5 Å². The summed E-state index contributed by atoms with van der Waals surface area (Å²) in [5.41, 5.74) is 4.13. The summed E-state index contributed by atoms with van der Waals surface area (Å²) in [6.07, 6.45) is 1.92. The van der Waals surface area contributed by atoms with Gasteiger partial charge in [0.1, 0.15) is 5.75 Å². The molecule has 3 rings (SSSR count). The standard InChI is InChI=1S/C19H21N3O2S/c1-5-24-16-8-6-15(7-9-16)20-19-21-18(23)17(25-19)11-14-10-12(2)22(4)13(14)3/h6-11H,5H2,1-4H3,(H,20,21,23)/b17-11+. The molecule has 1 saturated heterocycles. The van der Waals surface area contributed by atoms with Crippen molar-refractivity contribution in [3.05, 3.63) is 52.2 Å². The van der Waals surface area contributed by atoms with Gasteiger partial charge in [0.05, 0.1) is 17.2 Å². The van der Waals surface area contributed by atoms with Crippen LogP contribution in [-0.2, 0) is 11.8 Å². The van der Waals surface area contributed by atoms with Crippen LogP contribution in [0, 0.1) is 13.8 Å². The first-order valence-electron chi connectivity index (χ1n) is 8.13. The molecule has 0 saturated carbocycles. The molecule has 6 heteroatoms. The minimum atomic E-state index is -0.115. The summed E-state index contributed by atoms with van der Waals surface area (Å²) >= 11 is 1.36. The van der Waals surface area contributed by atoms with Crippen molar-refractivity contribution in [1.29, 1.82) is 0 Å². The molecular formula is C19H21N3O2S. The van der Waals surface area contributed by atoms with Crippen LogP contribution < -0.4 is 10.1 Å². The molecule has 2 aromatic rings. The summed E-state index contributed by atoms with van der Waals surface area (Å²) in [6, 6.07) is 9.57. The second-order valence-corrected chi connectivity index (χ2v) is 6.82. The van der Waals surface area contributed by atoms with Gasteiger partial charge < -0.3 is 14.6 Å². The highest BCUT2D eigenvalue weighted by Crippen LogP contribution is 2.29. The molecule has 0 unspecified atom stereocenters. The Bertz CT molecular complexity index is 864. The quantitative estimate of drug-likeness (QED) is 0.846. The van der Waals surface area contributed by atoms with E-state index in [-0.39, 0.29) is 5.91 Å². The number of benzene rings is 1. The lowest BCUT2D eigenvalue weighted by molar-refractivity contribution is -0.115. The van der Waals surface area contributed by atoms with Crippen molar-refractivity contribution in [1.82, 2.24) is 9.88 Å². The summed E-state index contributed by atoms with van der Waals surface area (Å²) in [6.45, 7) is 6.68. The zero-order chi connectivity index (χ0) is 18.0. The van der Waals surface area contributed by atoms with Gasteiger partial charge in [0.2, 0.25) is 0 Å². The molecule has 0 radical (unpaired) electrons. The molecule has 0 bridgehead atoms. The Balaban J connectivity index is 1.79. The molecule has 1 aliphatic heterocycles. The van der Waals surface area contributed by atoms with Crippen molar-refractivity contribution in [3.8, 4) is 5.75 Å². The third-order valence-electron chi connectivity index (χ3n) is 4.13. The van der Waals surface area contributed by atoms with Crippen LogP contribution in [0.15, 0.2) is 40.2 Å². The van der Waals surface area contributed by atoms with E-state index in [1.165, 1.54) is 11.8 Å². The maximum absolute atomic E-state index is 12.2. The molecule has 1 fully saturated rings. The van der Waals surface area contributed by atoms with Crippen LogP contribution in [0.2, 0.25) is 0 Å². The van der Waals surface area contributed by atoms with E-state index in [0.717, 1.165) is 28.4 Å². The van der Waals surface area contributed by atoms with Gasteiger partial charge in [0.15, 0.2) is 5.17 Å². The summed E-state index contributed by atoms with van der Waals surface area (Å²) in [5.74, 6) is 0.695. The fourth-order valence-corrected chi connectivity index (χ4v) is 3.39. The number of thioether (sulfide) groups is 1. The second-order valence-electron chi connectivity index (χ2n) is 5.79. The van der Waals surface area contributed by atoms with Gasteiger partial charge in [0, 0.05) is 18.4 Å². The SMILES string of the molecule is CCOc1ccc(N=C2NC(=O)/C(=C\c3cc(C)n(C)c3C)S2)cc1. The Kier molecular flexibility index (Phi) is 4.99. The largest absolute Gasteiger partial charge is 0.494 e. The molecule has 25 heavy (non-hydrogen) atoms. The maximum Gasteiger partial charge on any atom is 0.264 e. The van der Waals surface area contributed by atoms with Crippen molar-refractivity contribution in [3.63, 3.8) is 0 Å². The number of aryl methyl sites for hydroxylation is 1. The van der Waals surface area contributed by atoms with E-state index < -0.39 is 0 Å². The van der Waals surface area contributed by atoms with Crippen molar-refractivity contribution in [2.45, 2.75) is 20.8 Å². The Labute approximate surface area is 151 Å². The molecule has 0 atom stereocenters. The van der Waals surface area contributed by atoms with Crippen LogP contribution in [0.1, 0.15) is 23.9 Å². The van der Waals surface area contributed by atoms with Crippen LogP contribution in [0.5, 0.6) is 5.75 Å². The Morgan fingerprint density at radius 3 is 2.60 bits per heavy atom. The number of aromatic nitrogens is 1. The molecule has 1 aliphatic rings. The number of nitrogens with one attached hydrogen (secondary N) is 1. The Morgan fingerprint density at radius 1 is 1.28 bits per heavy atom. The van der Waals surface area contributed by atoms with E-state index >= 15 is 0 Å². The lowest BCUT2D eigenvalue weighted by Gasteiger charge is -2.02. The lowest BCUT2D eigenvalue weighted by Crippen LogP contribution is -2.19. The van der Waals surface area contributed by atoms with E-state index in [1.54, 1.807) is 0 Å². The molecule has 1 amide bonds. The monoisotopic (exact) mass is 355 g/mol. The zero-order valence-electron chi connectivity index (χ0n) is 14.8. The molecule has 0 spiro atoms. The Morgan fingerprint density at radius 2 is 2.00 bits per heavy atom. The van der Waals surface area contributed by atoms with E-state index in [2.05, 4.69) is 27.9 Å². The molecular weight excluding hydrogens is 334 g/mol. The summed E-state index contributed by atoms with van der Waals surface area (Å²) < 4.78 is 7.53. The minimum Gasteiger partial charge on any atom is -0.494 e. The third kappa shape index (κ3) is 3.79. The second kappa shape index (κ2) is 7.19. The van der Waals surface area contributed by atoms with Crippen LogP contribution in [0.3, 0.4) is 0 Å². The van der Waals surface area contributed by atoms with Gasteiger partial charge in [-0.25, -0.2) is 4.99 Å². The summed E-state index contributed by atoms with van der Waals surface area (Å²) in [7, 11) is 2.02. The van der Waals surface area contributed by atoms with Crippen LogP contribution >= 0.6 is 11.8 Å². The van der Waals surface area contributed by atoms with Gasteiger partial charge >= 0.3 is 0 Å². The van der Waals surface area contributed by atoms with E-state index in [4.69, 9.17) is 4.74 Å². The van der Waals surface area contributed by atoms with E-state index in [0.29, 0.717) is 16.7 Å². The third-order valence-corrected chi connectivity index (χ3v) is 5.04. The molecule has 130 valence electrons. The van der Waals surface area contributed by atoms with Gasteiger partial charge in [-0.2, -0.15) is 0 Å². The van der Waals surface area contributed by atoms with E-state index in [9.17, 15) is 4.79 Å². The number of aliphatic imine (C=N–C) groups is 1. The summed E-state index contributed by atoms with van der Waals surface area (Å²) in [5, 5.41) is 3.41. The highest BCUT2D eigenvalue weighted by Gasteiger charge is 2.24. The van der Waals surface area contributed by atoms with Crippen LogP contribution in [0.4, 0.5) is 5.69 Å². The number of amides is 1. The van der Waals surface area contributed by atoms with Gasteiger partial charge in [0.25, 0.3) is 5.91 Å². The number of hydrogen-bond acceptors (Lipinski definition) is 4. The first-order chi connectivity index (χ1) is 12.0. The maximum atomic E-state index is 12.2. The number of amidine groups is 1. The van der Waals surface area contributed by atoms with Crippen molar-refractivity contribution < 1.29 is 9.53 Å². The summed E-state index contributed by atoms with van der Waals surface area (Å²) in [4.78, 5) is 17.4. The normalized spacial score (nSPS) is 17.4. The topological polar surface area (TPSA) is 55.6 Å². The van der Waals surface area contributed by atoms with Gasteiger partial charge in [-0.1, -0.05) is 0 Å². The molecule has 5 nitrogen and oxygen atoms in total. The van der Waals surface area contributed by atoms with Crippen molar-refractivity contribution in [2.24, 2.45) is 12.0 Å². The zero-order valence-corrected chi connectivity index (χ0v) is 15.6. The molecule has 1 aromatic carbocycles. The predicted molar refractivity (Wildman–Crippen MR) is 103 cm³/mol. The average molecular weight is 355 g/mol. The lowest BCUT2D eigenvalue weighted by atomic mass is 10.2. The highest BCUT2D eigenvalue weighted by molar-refractivity contribution is 8.18. The van der Waals surface area contributed by atoms with Gasteiger partial charge in [-0.3, -0.25) is 4.79 Å². The first-order valence-corrected chi connectivity index (χ1v) is 8.95. The molecule has 2 heterocycles.